The van der Waals surface area contributed by atoms with Crippen LogP contribution in [-0.4, -0.2) is 81.5 Å². The Hall–Kier alpha value is 0.0564. The molecular formula is C8H11KN2O2. The van der Waals surface area contributed by atoms with Crippen molar-refractivity contribution < 1.29 is 9.90 Å². The molecule has 0 saturated heterocycles. The number of carboxylic acids is 1. The van der Waals surface area contributed by atoms with Gasteiger partial charge in [-0.1, -0.05) is 0 Å². The summed E-state index contributed by atoms with van der Waals surface area (Å²) in [7, 11) is 3.59. The predicted octanol–water partition coefficient (Wildman–Crippen LogP) is 0.197. The van der Waals surface area contributed by atoms with E-state index in [2.05, 4.69) is 4.98 Å². The number of aromatic carboxylic acids is 1. The fraction of sp³-hybridized carbons (Fsp3) is 0.250. The molecule has 0 spiro atoms. The molecule has 5 heteroatoms. The molecule has 1 heterocycles. The number of rotatable bonds is 2. The van der Waals surface area contributed by atoms with Gasteiger partial charge in [-0.05, 0) is 6.07 Å². The summed E-state index contributed by atoms with van der Waals surface area (Å²) in [6, 6.07) is 1.67. The Balaban J connectivity index is 0.00000144. The second-order valence-electron chi connectivity index (χ2n) is 2.59. The predicted molar refractivity (Wildman–Crippen MR) is 52.7 cm³/mol. The van der Waals surface area contributed by atoms with E-state index in [1.807, 2.05) is 0 Å². The second kappa shape index (κ2) is 5.72. The number of nitrogens with zero attached hydrogens (tertiary/aromatic N) is 2. The summed E-state index contributed by atoms with van der Waals surface area (Å²) in [6.07, 6.45) is 2.92. The fourth-order valence-electron chi connectivity index (χ4n) is 0.942. The molecule has 0 atom stereocenters. The molecule has 1 aromatic rings. The topological polar surface area (TPSA) is 53.4 Å². The minimum absolute atomic E-state index is 0. The van der Waals surface area contributed by atoms with Crippen molar-refractivity contribution in [3.8, 4) is 0 Å². The van der Waals surface area contributed by atoms with Gasteiger partial charge in [0.15, 0.2) is 0 Å². The van der Waals surface area contributed by atoms with E-state index in [1.54, 1.807) is 31.3 Å². The number of hydrogen-bond donors (Lipinski definition) is 1. The van der Waals surface area contributed by atoms with Crippen LogP contribution in [0, 0.1) is 0 Å². The third-order valence-electron chi connectivity index (χ3n) is 1.51. The quantitative estimate of drug-likeness (QED) is 0.702. The molecule has 0 radical (unpaired) electrons. The molecule has 0 fully saturated rings. The Morgan fingerprint density at radius 2 is 2.15 bits per heavy atom. The van der Waals surface area contributed by atoms with Crippen LogP contribution in [0.1, 0.15) is 10.4 Å². The standard InChI is InChI=1S/C8H10N2O2.K.H/c1-10(2)7-3-4-9-5-6(7)8(11)12;;/h3-5H,1-2H3,(H,11,12);;. The van der Waals surface area contributed by atoms with Gasteiger partial charge in [0.25, 0.3) is 0 Å². The van der Waals surface area contributed by atoms with Gasteiger partial charge in [0.05, 0.1) is 5.69 Å². The first kappa shape index (κ1) is 13.1. The Morgan fingerprint density at radius 1 is 1.54 bits per heavy atom. The van der Waals surface area contributed by atoms with E-state index in [4.69, 9.17) is 5.11 Å². The molecule has 0 aliphatic heterocycles. The van der Waals surface area contributed by atoms with Crippen LogP contribution in [0.5, 0.6) is 0 Å². The third-order valence-corrected chi connectivity index (χ3v) is 1.51. The molecule has 0 aliphatic carbocycles. The SMILES string of the molecule is CN(C)c1ccncc1C(=O)O.[KH]. The van der Waals surface area contributed by atoms with Crippen LogP contribution in [0.3, 0.4) is 0 Å². The maximum atomic E-state index is 10.7. The van der Waals surface area contributed by atoms with Gasteiger partial charge < -0.3 is 10.0 Å². The van der Waals surface area contributed by atoms with E-state index < -0.39 is 5.97 Å². The van der Waals surface area contributed by atoms with Gasteiger partial charge in [0.1, 0.15) is 5.56 Å². The number of pyridine rings is 1. The molecule has 1 rings (SSSR count). The van der Waals surface area contributed by atoms with Crippen molar-refractivity contribution in [3.05, 3.63) is 24.0 Å². The van der Waals surface area contributed by atoms with Gasteiger partial charge in [-0.3, -0.25) is 4.98 Å². The molecule has 0 aromatic carbocycles. The van der Waals surface area contributed by atoms with Crippen molar-refractivity contribution >= 4 is 63.0 Å². The molecule has 66 valence electrons. The zero-order valence-corrected chi connectivity index (χ0v) is 6.98. The van der Waals surface area contributed by atoms with E-state index in [1.165, 1.54) is 6.20 Å². The van der Waals surface area contributed by atoms with Crippen LogP contribution in [0.4, 0.5) is 5.69 Å². The fourth-order valence-corrected chi connectivity index (χ4v) is 0.942. The zero-order chi connectivity index (χ0) is 9.14. The van der Waals surface area contributed by atoms with Gasteiger partial charge in [-0.15, -0.1) is 0 Å². The van der Waals surface area contributed by atoms with Gasteiger partial charge in [-0.2, -0.15) is 0 Å². The summed E-state index contributed by atoms with van der Waals surface area (Å²) in [6.45, 7) is 0. The molecule has 1 aromatic heterocycles. The first-order valence-electron chi connectivity index (χ1n) is 3.47. The summed E-state index contributed by atoms with van der Waals surface area (Å²) in [5.74, 6) is -0.952. The minimum atomic E-state index is -0.952. The van der Waals surface area contributed by atoms with Crippen molar-refractivity contribution in [3.63, 3.8) is 0 Å². The van der Waals surface area contributed by atoms with E-state index in [9.17, 15) is 4.79 Å². The average Bonchev–Trinajstić information content (AvgIpc) is 2.04. The van der Waals surface area contributed by atoms with Crippen LogP contribution in [0.2, 0.25) is 0 Å². The maximum absolute atomic E-state index is 10.7. The number of hydrogen-bond acceptors (Lipinski definition) is 3. The average molecular weight is 206 g/mol. The van der Waals surface area contributed by atoms with Crippen molar-refractivity contribution in [1.82, 2.24) is 4.98 Å². The molecule has 1 N–H and O–H groups in total. The van der Waals surface area contributed by atoms with Crippen LogP contribution < -0.4 is 4.90 Å². The summed E-state index contributed by atoms with van der Waals surface area (Å²) in [4.78, 5) is 16.1. The van der Waals surface area contributed by atoms with E-state index in [0.29, 0.717) is 5.69 Å². The number of carbonyl (C=O) groups is 1. The van der Waals surface area contributed by atoms with E-state index >= 15 is 0 Å². The first-order valence-corrected chi connectivity index (χ1v) is 3.47. The Bertz CT molecular complexity index is 302. The summed E-state index contributed by atoms with van der Waals surface area (Å²) in [5.41, 5.74) is 0.889. The number of anilines is 1. The summed E-state index contributed by atoms with van der Waals surface area (Å²) >= 11 is 0. The number of carboxylic acid groups (broad SMARTS) is 1. The second-order valence-corrected chi connectivity index (χ2v) is 2.59. The van der Waals surface area contributed by atoms with Gasteiger partial charge in [-0.25, -0.2) is 4.79 Å². The summed E-state index contributed by atoms with van der Waals surface area (Å²) in [5, 5.41) is 8.75. The number of aromatic nitrogens is 1. The zero-order valence-electron chi connectivity index (χ0n) is 6.98. The Kier molecular flexibility index (Phi) is 5.74. The van der Waals surface area contributed by atoms with Crippen molar-refractivity contribution in [2.45, 2.75) is 0 Å². The van der Waals surface area contributed by atoms with Crippen molar-refractivity contribution in [1.29, 1.82) is 0 Å². The van der Waals surface area contributed by atoms with Gasteiger partial charge in [0, 0.05) is 26.5 Å². The third kappa shape index (κ3) is 3.36. The molecule has 0 unspecified atom stereocenters. The van der Waals surface area contributed by atoms with Gasteiger partial charge in [0.2, 0.25) is 0 Å². The van der Waals surface area contributed by atoms with E-state index in [0.717, 1.165) is 0 Å². The Labute approximate surface area is 119 Å². The molecule has 13 heavy (non-hydrogen) atoms. The summed E-state index contributed by atoms with van der Waals surface area (Å²) < 4.78 is 0. The molecule has 0 amide bonds. The van der Waals surface area contributed by atoms with Crippen LogP contribution in [0.15, 0.2) is 18.5 Å². The molecule has 0 saturated carbocycles. The molecular weight excluding hydrogens is 195 g/mol. The van der Waals surface area contributed by atoms with Crippen molar-refractivity contribution in [2.75, 3.05) is 19.0 Å². The van der Waals surface area contributed by atoms with Crippen LogP contribution in [-0.2, 0) is 0 Å². The molecule has 0 bridgehead atoms. The van der Waals surface area contributed by atoms with Crippen LogP contribution >= 0.6 is 0 Å². The molecule has 0 aliphatic rings. The normalized spacial score (nSPS) is 8.77. The first-order chi connectivity index (χ1) is 5.63. The Morgan fingerprint density at radius 3 is 2.54 bits per heavy atom. The van der Waals surface area contributed by atoms with Crippen LogP contribution in [0.25, 0.3) is 0 Å². The molecule has 4 nitrogen and oxygen atoms in total. The van der Waals surface area contributed by atoms with E-state index in [-0.39, 0.29) is 56.9 Å². The van der Waals surface area contributed by atoms with Crippen molar-refractivity contribution in [2.24, 2.45) is 0 Å². The monoisotopic (exact) mass is 206 g/mol. The van der Waals surface area contributed by atoms with Gasteiger partial charge >= 0.3 is 57.4 Å².